The number of para-hydroxylation sites is 2. The molecule has 8 nitrogen and oxygen atoms in total. The van der Waals surface area contributed by atoms with E-state index in [1.54, 1.807) is 51.1 Å². The molecule has 2 rings (SSSR count). The van der Waals surface area contributed by atoms with Crippen molar-refractivity contribution in [2.75, 3.05) is 18.5 Å². The van der Waals surface area contributed by atoms with Crippen molar-refractivity contribution < 1.29 is 23.9 Å². The van der Waals surface area contributed by atoms with E-state index in [1.165, 1.54) is 0 Å². The maximum absolute atomic E-state index is 12.2. The SMILES string of the molecule is CC(C)(C)OC(=O)NCC(=O)Nc1ccccc1CNC(=O)CCCOc1ccccc1Cl. The normalized spacial score (nSPS) is 10.8. The van der Waals surface area contributed by atoms with Gasteiger partial charge in [0.25, 0.3) is 0 Å². The van der Waals surface area contributed by atoms with Gasteiger partial charge in [-0.25, -0.2) is 4.79 Å². The van der Waals surface area contributed by atoms with Crippen molar-refractivity contribution in [3.63, 3.8) is 0 Å². The van der Waals surface area contributed by atoms with Crippen LogP contribution in [0.5, 0.6) is 5.75 Å². The lowest BCUT2D eigenvalue weighted by Crippen LogP contribution is -2.37. The molecule has 2 aromatic carbocycles. The maximum Gasteiger partial charge on any atom is 0.408 e. The molecule has 0 aromatic heterocycles. The molecule has 0 unspecified atom stereocenters. The Bertz CT molecular complexity index is 959. The molecular weight excluding hydrogens is 446 g/mol. The Balaban J connectivity index is 1.74. The second kappa shape index (κ2) is 12.7. The third-order valence-corrected chi connectivity index (χ3v) is 4.51. The van der Waals surface area contributed by atoms with Gasteiger partial charge >= 0.3 is 6.09 Å². The average Bonchev–Trinajstić information content (AvgIpc) is 2.74. The average molecular weight is 476 g/mol. The summed E-state index contributed by atoms with van der Waals surface area (Å²) in [5.41, 5.74) is 0.645. The molecule has 3 N–H and O–H groups in total. The summed E-state index contributed by atoms with van der Waals surface area (Å²) in [6, 6.07) is 14.3. The highest BCUT2D eigenvalue weighted by Gasteiger charge is 2.17. The van der Waals surface area contributed by atoms with Gasteiger partial charge in [-0.05, 0) is 51.0 Å². The minimum absolute atomic E-state index is 0.134. The molecule has 0 fully saturated rings. The van der Waals surface area contributed by atoms with E-state index in [9.17, 15) is 14.4 Å². The Hall–Kier alpha value is -3.26. The van der Waals surface area contributed by atoms with Gasteiger partial charge in [-0.3, -0.25) is 9.59 Å². The largest absolute Gasteiger partial charge is 0.492 e. The van der Waals surface area contributed by atoms with Gasteiger partial charge in [0.15, 0.2) is 0 Å². The Morgan fingerprint density at radius 3 is 2.36 bits per heavy atom. The molecule has 33 heavy (non-hydrogen) atoms. The van der Waals surface area contributed by atoms with Crippen LogP contribution in [0.2, 0.25) is 5.02 Å². The van der Waals surface area contributed by atoms with Crippen molar-refractivity contribution in [3.8, 4) is 5.75 Å². The number of rotatable bonds is 10. The number of hydrogen-bond acceptors (Lipinski definition) is 5. The third-order valence-electron chi connectivity index (χ3n) is 4.20. The zero-order valence-electron chi connectivity index (χ0n) is 19.1. The first-order valence-corrected chi connectivity index (χ1v) is 11.0. The summed E-state index contributed by atoms with van der Waals surface area (Å²) in [5.74, 6) is 0.0484. The zero-order chi connectivity index (χ0) is 24.3. The summed E-state index contributed by atoms with van der Waals surface area (Å²) in [7, 11) is 0. The molecule has 0 saturated carbocycles. The predicted octanol–water partition coefficient (Wildman–Crippen LogP) is 4.28. The number of ether oxygens (including phenoxy) is 2. The number of halogens is 1. The molecular formula is C24H30ClN3O5. The molecule has 0 aliphatic heterocycles. The monoisotopic (exact) mass is 475 g/mol. The van der Waals surface area contributed by atoms with Gasteiger partial charge in [-0.1, -0.05) is 41.9 Å². The second-order valence-electron chi connectivity index (χ2n) is 8.22. The summed E-state index contributed by atoms with van der Waals surface area (Å²) < 4.78 is 10.7. The van der Waals surface area contributed by atoms with Gasteiger partial charge in [0, 0.05) is 18.7 Å². The summed E-state index contributed by atoms with van der Waals surface area (Å²) in [6.45, 7) is 5.60. The standard InChI is InChI=1S/C24H30ClN3O5/c1-24(2,3)33-23(31)27-16-22(30)28-19-11-6-4-9-17(19)15-26-21(29)13-8-14-32-20-12-7-5-10-18(20)25/h4-7,9-12H,8,13-16H2,1-3H3,(H,26,29)(H,27,31)(H,28,30). The highest BCUT2D eigenvalue weighted by molar-refractivity contribution is 6.32. The Morgan fingerprint density at radius 2 is 1.64 bits per heavy atom. The van der Waals surface area contributed by atoms with Gasteiger partial charge in [0.2, 0.25) is 11.8 Å². The van der Waals surface area contributed by atoms with Crippen molar-refractivity contribution in [1.82, 2.24) is 10.6 Å². The van der Waals surface area contributed by atoms with Crippen LogP contribution in [0.15, 0.2) is 48.5 Å². The lowest BCUT2D eigenvalue weighted by Gasteiger charge is -2.19. The molecule has 9 heteroatoms. The molecule has 178 valence electrons. The molecule has 0 spiro atoms. The van der Waals surface area contributed by atoms with Crippen LogP contribution in [-0.4, -0.2) is 36.7 Å². The number of alkyl carbamates (subject to hydrolysis) is 1. The number of nitrogens with one attached hydrogen (secondary N) is 3. The summed E-state index contributed by atoms with van der Waals surface area (Å²) in [4.78, 5) is 36.1. The smallest absolute Gasteiger partial charge is 0.408 e. The first-order valence-electron chi connectivity index (χ1n) is 10.6. The third kappa shape index (κ3) is 10.3. The first kappa shape index (κ1) is 26.0. The maximum atomic E-state index is 12.2. The topological polar surface area (TPSA) is 106 Å². The van der Waals surface area contributed by atoms with E-state index in [4.69, 9.17) is 21.1 Å². The number of hydrogen-bond donors (Lipinski definition) is 3. The van der Waals surface area contributed by atoms with Crippen molar-refractivity contribution in [2.45, 2.75) is 45.8 Å². The molecule has 0 bridgehead atoms. The Morgan fingerprint density at radius 1 is 0.939 bits per heavy atom. The second-order valence-corrected chi connectivity index (χ2v) is 8.63. The van der Waals surface area contributed by atoms with E-state index in [2.05, 4.69) is 16.0 Å². The summed E-state index contributed by atoms with van der Waals surface area (Å²) >= 11 is 6.03. The minimum Gasteiger partial charge on any atom is -0.492 e. The van der Waals surface area contributed by atoms with E-state index in [-0.39, 0.29) is 19.0 Å². The molecule has 0 heterocycles. The van der Waals surface area contributed by atoms with Gasteiger partial charge in [-0.15, -0.1) is 0 Å². The number of carbonyl (C=O) groups is 3. The van der Waals surface area contributed by atoms with E-state index >= 15 is 0 Å². The van der Waals surface area contributed by atoms with Crippen molar-refractivity contribution in [3.05, 3.63) is 59.1 Å². The summed E-state index contributed by atoms with van der Waals surface area (Å²) in [5, 5.41) is 8.51. The highest BCUT2D eigenvalue weighted by atomic mass is 35.5. The Labute approximate surface area is 199 Å². The van der Waals surface area contributed by atoms with E-state index in [0.717, 1.165) is 5.56 Å². The van der Waals surface area contributed by atoms with Crippen LogP contribution < -0.4 is 20.7 Å². The van der Waals surface area contributed by atoms with Crippen molar-refractivity contribution in [2.24, 2.45) is 0 Å². The van der Waals surface area contributed by atoms with Crippen LogP contribution in [0.25, 0.3) is 0 Å². The minimum atomic E-state index is -0.670. The van der Waals surface area contributed by atoms with Crippen LogP contribution >= 0.6 is 11.6 Å². The number of anilines is 1. The van der Waals surface area contributed by atoms with Crippen LogP contribution in [0.3, 0.4) is 0 Å². The van der Waals surface area contributed by atoms with Crippen molar-refractivity contribution >= 4 is 35.2 Å². The molecule has 2 aromatic rings. The van der Waals surface area contributed by atoms with Gasteiger partial charge < -0.3 is 25.4 Å². The fourth-order valence-electron chi connectivity index (χ4n) is 2.72. The first-order chi connectivity index (χ1) is 15.6. The number of amides is 3. The quantitative estimate of drug-likeness (QED) is 0.445. The summed E-state index contributed by atoms with van der Waals surface area (Å²) in [6.07, 6.45) is 0.154. The fraction of sp³-hybridized carbons (Fsp3) is 0.375. The number of carbonyl (C=O) groups excluding carboxylic acids is 3. The van der Waals surface area contributed by atoms with Crippen LogP contribution in [0.1, 0.15) is 39.2 Å². The lowest BCUT2D eigenvalue weighted by atomic mass is 10.1. The molecule has 0 atom stereocenters. The van der Waals surface area contributed by atoms with Crippen molar-refractivity contribution in [1.29, 1.82) is 0 Å². The van der Waals surface area contributed by atoms with E-state index in [1.807, 2.05) is 18.2 Å². The molecule has 0 aliphatic carbocycles. The zero-order valence-corrected chi connectivity index (χ0v) is 19.8. The van der Waals surface area contributed by atoms with Crippen LogP contribution in [0.4, 0.5) is 10.5 Å². The molecule has 3 amide bonds. The van der Waals surface area contributed by atoms with Crippen LogP contribution in [-0.2, 0) is 20.9 Å². The molecule has 0 radical (unpaired) electrons. The Kier molecular flexibility index (Phi) is 10.00. The molecule has 0 aliphatic rings. The van der Waals surface area contributed by atoms with Gasteiger partial charge in [0.1, 0.15) is 17.9 Å². The predicted molar refractivity (Wildman–Crippen MR) is 127 cm³/mol. The number of benzene rings is 2. The van der Waals surface area contributed by atoms with E-state index < -0.39 is 17.6 Å². The van der Waals surface area contributed by atoms with E-state index in [0.29, 0.717) is 35.9 Å². The highest BCUT2D eigenvalue weighted by Crippen LogP contribution is 2.23. The van der Waals surface area contributed by atoms with Gasteiger partial charge in [0.05, 0.1) is 11.6 Å². The van der Waals surface area contributed by atoms with Crippen LogP contribution in [0, 0.1) is 0 Å². The van der Waals surface area contributed by atoms with Gasteiger partial charge in [-0.2, -0.15) is 0 Å². The lowest BCUT2D eigenvalue weighted by molar-refractivity contribution is -0.121. The molecule has 0 saturated heterocycles. The fourth-order valence-corrected chi connectivity index (χ4v) is 2.91.